The van der Waals surface area contributed by atoms with E-state index >= 15 is 0 Å². The van der Waals surface area contributed by atoms with Gasteiger partial charge in [0.25, 0.3) is 0 Å². The number of hydrogen-bond acceptors (Lipinski definition) is 5. The predicted octanol–water partition coefficient (Wildman–Crippen LogP) is 2.59. The first kappa shape index (κ1) is 15.0. The minimum atomic E-state index is -4.86. The zero-order valence-electron chi connectivity index (χ0n) is 9.15. The van der Waals surface area contributed by atoms with E-state index in [1.54, 1.807) is 0 Å². The van der Waals surface area contributed by atoms with E-state index < -0.39 is 33.9 Å². The van der Waals surface area contributed by atoms with Crippen LogP contribution < -0.4 is 5.32 Å². The molecule has 104 valence electrons. The van der Waals surface area contributed by atoms with Gasteiger partial charge in [0.15, 0.2) is 10.8 Å². The Balaban J connectivity index is 2.96. The molecule has 0 saturated carbocycles. The van der Waals surface area contributed by atoms with Crippen LogP contribution in [0.25, 0.3) is 0 Å². The summed E-state index contributed by atoms with van der Waals surface area (Å²) in [5, 5.41) is 9.99. The maximum atomic E-state index is 12.5. The van der Waals surface area contributed by atoms with Crippen molar-refractivity contribution in [3.8, 4) is 0 Å². The normalized spacial score (nSPS) is 10.9. The number of nitrogens with one attached hydrogen (secondary N) is 1. The van der Waals surface area contributed by atoms with Crippen LogP contribution in [0.2, 0.25) is 0 Å². The Morgan fingerprint density at radius 1 is 1.53 bits per heavy atom. The van der Waals surface area contributed by atoms with Gasteiger partial charge in [-0.05, 0) is 0 Å². The molecular formula is C9H7F3N2O4S. The second-order valence-electron chi connectivity index (χ2n) is 3.01. The molecule has 1 aromatic rings. The fourth-order valence-electron chi connectivity index (χ4n) is 0.969. The first-order valence-electron chi connectivity index (χ1n) is 4.61. The van der Waals surface area contributed by atoms with Crippen molar-refractivity contribution in [2.24, 2.45) is 0 Å². The first-order valence-corrected chi connectivity index (χ1v) is 5.43. The lowest BCUT2D eigenvalue weighted by Gasteiger charge is -2.02. The molecule has 0 unspecified atom stereocenters. The van der Waals surface area contributed by atoms with Crippen LogP contribution in [0.15, 0.2) is 12.7 Å². The third-order valence-electron chi connectivity index (χ3n) is 1.63. The van der Waals surface area contributed by atoms with Crippen LogP contribution in [0.4, 0.5) is 23.1 Å². The number of halogens is 3. The highest BCUT2D eigenvalue weighted by atomic mass is 32.1. The van der Waals surface area contributed by atoms with E-state index in [2.05, 4.69) is 16.3 Å². The van der Waals surface area contributed by atoms with Crippen LogP contribution in [-0.2, 0) is 10.9 Å². The standard InChI is InChI=1S/C9H7F3N2O4S/c1-2-3-18-8(17)14-7-13-4(6(15)16)5(19-7)9(10,11)12/h2H,1,3H2,(H,15,16)(H,13,14,17). The van der Waals surface area contributed by atoms with Gasteiger partial charge in [-0.1, -0.05) is 24.0 Å². The number of aromatic nitrogens is 1. The van der Waals surface area contributed by atoms with Gasteiger partial charge < -0.3 is 9.84 Å². The maximum Gasteiger partial charge on any atom is 0.428 e. The molecular weight excluding hydrogens is 289 g/mol. The summed E-state index contributed by atoms with van der Waals surface area (Å²) in [4.78, 5) is 23.5. The van der Waals surface area contributed by atoms with E-state index in [-0.39, 0.29) is 17.9 Å². The number of aromatic carboxylic acids is 1. The number of alkyl halides is 3. The third-order valence-corrected chi connectivity index (χ3v) is 2.64. The summed E-state index contributed by atoms with van der Waals surface area (Å²) in [7, 11) is 0. The summed E-state index contributed by atoms with van der Waals surface area (Å²) in [6.07, 6.45) is -4.67. The fourth-order valence-corrected chi connectivity index (χ4v) is 1.78. The Labute approximate surface area is 108 Å². The van der Waals surface area contributed by atoms with Crippen molar-refractivity contribution >= 4 is 28.5 Å². The highest BCUT2D eigenvalue weighted by Crippen LogP contribution is 2.38. The van der Waals surface area contributed by atoms with Crippen LogP contribution in [0, 0.1) is 0 Å². The lowest BCUT2D eigenvalue weighted by Crippen LogP contribution is -2.13. The zero-order valence-corrected chi connectivity index (χ0v) is 9.97. The van der Waals surface area contributed by atoms with Crippen LogP contribution >= 0.6 is 11.3 Å². The molecule has 1 heterocycles. The molecule has 19 heavy (non-hydrogen) atoms. The monoisotopic (exact) mass is 296 g/mol. The van der Waals surface area contributed by atoms with Gasteiger partial charge in [-0.2, -0.15) is 13.2 Å². The summed E-state index contributed by atoms with van der Waals surface area (Å²) < 4.78 is 42.0. The Morgan fingerprint density at radius 3 is 2.58 bits per heavy atom. The van der Waals surface area contributed by atoms with Crippen molar-refractivity contribution in [2.75, 3.05) is 11.9 Å². The molecule has 1 aromatic heterocycles. The average Bonchev–Trinajstić information content (AvgIpc) is 2.70. The Kier molecular flexibility index (Phi) is 4.48. The Hall–Kier alpha value is -2.10. The molecule has 2 N–H and O–H groups in total. The molecule has 0 spiro atoms. The molecule has 0 aliphatic heterocycles. The van der Waals surface area contributed by atoms with Gasteiger partial charge in [-0.25, -0.2) is 14.6 Å². The molecule has 0 bridgehead atoms. The number of hydrogen-bond donors (Lipinski definition) is 2. The minimum Gasteiger partial charge on any atom is -0.476 e. The number of anilines is 1. The van der Waals surface area contributed by atoms with Gasteiger partial charge in [0.1, 0.15) is 11.5 Å². The van der Waals surface area contributed by atoms with E-state index in [0.717, 1.165) is 0 Å². The molecule has 6 nitrogen and oxygen atoms in total. The molecule has 0 radical (unpaired) electrons. The number of nitrogens with zero attached hydrogens (tertiary/aromatic N) is 1. The third kappa shape index (κ3) is 3.95. The number of carboxylic acid groups (broad SMARTS) is 1. The van der Waals surface area contributed by atoms with Gasteiger partial charge in [-0.3, -0.25) is 5.32 Å². The number of carboxylic acids is 1. The van der Waals surface area contributed by atoms with Crippen LogP contribution in [-0.4, -0.2) is 28.8 Å². The molecule has 0 fully saturated rings. The SMILES string of the molecule is C=CCOC(=O)Nc1nc(C(=O)O)c(C(F)(F)F)s1. The van der Waals surface area contributed by atoms with Gasteiger partial charge in [0.2, 0.25) is 0 Å². The Morgan fingerprint density at radius 2 is 2.16 bits per heavy atom. The van der Waals surface area contributed by atoms with Crippen molar-refractivity contribution in [1.29, 1.82) is 0 Å². The predicted molar refractivity (Wildman–Crippen MR) is 59.2 cm³/mol. The quantitative estimate of drug-likeness (QED) is 0.834. The van der Waals surface area contributed by atoms with Crippen molar-refractivity contribution in [1.82, 2.24) is 4.98 Å². The van der Waals surface area contributed by atoms with E-state index in [9.17, 15) is 22.8 Å². The second-order valence-corrected chi connectivity index (χ2v) is 4.01. The summed E-state index contributed by atoms with van der Waals surface area (Å²) in [5.41, 5.74) is -1.17. The van der Waals surface area contributed by atoms with Gasteiger partial charge in [0.05, 0.1) is 0 Å². The molecule has 1 amide bonds. The van der Waals surface area contributed by atoms with Gasteiger partial charge in [-0.15, -0.1) is 0 Å². The fraction of sp³-hybridized carbons (Fsp3) is 0.222. The lowest BCUT2D eigenvalue weighted by molar-refractivity contribution is -0.135. The number of carbonyl (C=O) groups is 2. The minimum absolute atomic E-state index is 0.00184. The molecule has 10 heteroatoms. The van der Waals surface area contributed by atoms with Crippen molar-refractivity contribution in [2.45, 2.75) is 6.18 Å². The smallest absolute Gasteiger partial charge is 0.428 e. The van der Waals surface area contributed by atoms with E-state index in [4.69, 9.17) is 5.11 Å². The van der Waals surface area contributed by atoms with Crippen molar-refractivity contribution in [3.05, 3.63) is 23.2 Å². The molecule has 0 atom stereocenters. The number of ether oxygens (including phenoxy) is 1. The average molecular weight is 296 g/mol. The number of rotatable bonds is 4. The summed E-state index contributed by atoms with van der Waals surface area (Å²) >= 11 is 0.00184. The van der Waals surface area contributed by atoms with Gasteiger partial charge >= 0.3 is 18.2 Å². The van der Waals surface area contributed by atoms with Crippen LogP contribution in [0.5, 0.6) is 0 Å². The molecule has 0 saturated heterocycles. The first-order chi connectivity index (χ1) is 8.75. The van der Waals surface area contributed by atoms with Crippen LogP contribution in [0.3, 0.4) is 0 Å². The second kappa shape index (κ2) is 5.69. The van der Waals surface area contributed by atoms with Gasteiger partial charge in [0, 0.05) is 0 Å². The number of thiazole rings is 1. The number of carbonyl (C=O) groups excluding carboxylic acids is 1. The molecule has 0 aliphatic rings. The summed E-state index contributed by atoms with van der Waals surface area (Å²) in [6.45, 7) is 3.13. The van der Waals surface area contributed by atoms with Crippen LogP contribution in [0.1, 0.15) is 15.4 Å². The number of amides is 1. The maximum absolute atomic E-state index is 12.5. The molecule has 0 aliphatic carbocycles. The molecule has 1 rings (SSSR count). The Bertz CT molecular complexity index is 512. The zero-order chi connectivity index (χ0) is 14.6. The van der Waals surface area contributed by atoms with Crippen molar-refractivity contribution in [3.63, 3.8) is 0 Å². The van der Waals surface area contributed by atoms with E-state index in [0.29, 0.717) is 0 Å². The lowest BCUT2D eigenvalue weighted by atomic mass is 10.3. The van der Waals surface area contributed by atoms with Crippen molar-refractivity contribution < 1.29 is 32.6 Å². The highest BCUT2D eigenvalue weighted by molar-refractivity contribution is 7.16. The van der Waals surface area contributed by atoms with E-state index in [1.807, 2.05) is 5.32 Å². The summed E-state index contributed by atoms with van der Waals surface area (Å²) in [5.74, 6) is -1.84. The highest BCUT2D eigenvalue weighted by Gasteiger charge is 2.39. The largest absolute Gasteiger partial charge is 0.476 e. The molecule has 0 aromatic carbocycles. The topological polar surface area (TPSA) is 88.5 Å². The summed E-state index contributed by atoms with van der Waals surface area (Å²) in [6, 6.07) is 0. The van der Waals surface area contributed by atoms with E-state index in [1.165, 1.54) is 6.08 Å².